The highest BCUT2D eigenvalue weighted by atomic mass is 32.2. The van der Waals surface area contributed by atoms with E-state index in [2.05, 4.69) is 10.1 Å². The molecule has 0 aliphatic rings. The van der Waals surface area contributed by atoms with Crippen LogP contribution in [0.4, 0.5) is 18.9 Å². The second-order valence-electron chi connectivity index (χ2n) is 5.09. The first-order valence-corrected chi connectivity index (χ1v) is 8.57. The van der Waals surface area contributed by atoms with Gasteiger partial charge in [-0.2, -0.15) is 21.6 Å². The van der Waals surface area contributed by atoms with Crippen LogP contribution in [-0.4, -0.2) is 50.7 Å². The van der Waals surface area contributed by atoms with Crippen molar-refractivity contribution < 1.29 is 40.5 Å². The number of hydrogen-bond donors (Lipinski definition) is 2. The molecule has 0 aliphatic heterocycles. The zero-order valence-electron chi connectivity index (χ0n) is 13.3. The average molecular weight is 381 g/mol. The van der Waals surface area contributed by atoms with E-state index in [0.717, 1.165) is 6.07 Å². The Morgan fingerprint density at radius 2 is 1.96 bits per heavy atom. The molecule has 138 valence electrons. The van der Waals surface area contributed by atoms with Crippen molar-refractivity contribution in [2.75, 3.05) is 11.1 Å². The van der Waals surface area contributed by atoms with Gasteiger partial charge in [0.2, 0.25) is 12.0 Å². The van der Waals surface area contributed by atoms with Gasteiger partial charge < -0.3 is 10.1 Å². The molecule has 0 aliphatic carbocycles. The molecule has 0 bridgehead atoms. The second kappa shape index (κ2) is 7.87. The van der Waals surface area contributed by atoms with Crippen molar-refractivity contribution in [2.24, 2.45) is 0 Å². The molecule has 2 N–H and O–H groups in total. The van der Waals surface area contributed by atoms with Gasteiger partial charge in [-0.25, -0.2) is 4.79 Å². The van der Waals surface area contributed by atoms with Crippen molar-refractivity contribution in [3.05, 3.63) is 29.3 Å². The van der Waals surface area contributed by atoms with Gasteiger partial charge in [0.1, 0.15) is 13.6 Å². The standard InChI is InChI=1S/C13H15BF3NO6S/c1-7(19)18-10-4-8(2-3-9(10)5-14)12(20)24-11(13(15,16)17)6-25(21,22)23/h2-4,11H,5-6,14H2,1H3,(H,18,19)(H,21,22,23). The average Bonchev–Trinajstić information content (AvgIpc) is 2.43. The molecule has 1 atom stereocenters. The number of ether oxygens (including phenoxy) is 1. The Hall–Kier alpha value is -2.08. The lowest BCUT2D eigenvalue weighted by Gasteiger charge is -2.19. The van der Waals surface area contributed by atoms with Crippen LogP contribution in [0.1, 0.15) is 22.8 Å². The molecule has 0 spiro atoms. The van der Waals surface area contributed by atoms with Crippen LogP contribution in [0.25, 0.3) is 0 Å². The molecule has 0 heterocycles. The lowest BCUT2D eigenvalue weighted by Crippen LogP contribution is -2.39. The Morgan fingerprint density at radius 1 is 1.36 bits per heavy atom. The van der Waals surface area contributed by atoms with Crippen molar-refractivity contribution >= 4 is 35.5 Å². The van der Waals surface area contributed by atoms with Crippen LogP contribution in [0, 0.1) is 0 Å². The molecule has 25 heavy (non-hydrogen) atoms. The van der Waals surface area contributed by atoms with Crippen molar-refractivity contribution in [2.45, 2.75) is 25.5 Å². The number of halogens is 3. The maximum absolute atomic E-state index is 12.8. The van der Waals surface area contributed by atoms with Crippen LogP contribution >= 0.6 is 0 Å². The normalized spacial score (nSPS) is 13.2. The lowest BCUT2D eigenvalue weighted by atomic mass is 9.94. The van der Waals surface area contributed by atoms with Crippen LogP contribution in [0.15, 0.2) is 18.2 Å². The third-order valence-corrected chi connectivity index (χ3v) is 3.74. The Bertz CT molecular complexity index is 766. The van der Waals surface area contributed by atoms with E-state index in [0.29, 0.717) is 11.9 Å². The fourth-order valence-corrected chi connectivity index (χ4v) is 2.54. The van der Waals surface area contributed by atoms with Gasteiger partial charge in [-0.1, -0.05) is 12.4 Å². The minimum Gasteiger partial charge on any atom is -0.448 e. The summed E-state index contributed by atoms with van der Waals surface area (Å²) >= 11 is 0. The summed E-state index contributed by atoms with van der Waals surface area (Å²) in [5.41, 5.74) is 0.547. The number of carbonyl (C=O) groups excluding carboxylic acids is 2. The van der Waals surface area contributed by atoms with E-state index in [1.165, 1.54) is 19.1 Å². The first-order chi connectivity index (χ1) is 11.3. The number of benzene rings is 1. The van der Waals surface area contributed by atoms with E-state index in [4.69, 9.17) is 4.55 Å². The minimum atomic E-state index is -5.19. The molecule has 1 unspecified atom stereocenters. The molecular weight excluding hydrogens is 366 g/mol. The lowest BCUT2D eigenvalue weighted by molar-refractivity contribution is -0.197. The summed E-state index contributed by atoms with van der Waals surface area (Å²) in [5, 5.41) is 2.44. The number of anilines is 1. The van der Waals surface area contributed by atoms with Gasteiger partial charge in [0.05, 0.1) is 5.56 Å². The summed E-state index contributed by atoms with van der Waals surface area (Å²) in [4.78, 5) is 23.1. The van der Waals surface area contributed by atoms with Gasteiger partial charge in [0.15, 0.2) is 0 Å². The van der Waals surface area contributed by atoms with Crippen LogP contribution in [0.5, 0.6) is 0 Å². The van der Waals surface area contributed by atoms with Gasteiger partial charge in [0, 0.05) is 12.6 Å². The summed E-state index contributed by atoms with van der Waals surface area (Å²) in [6, 6.07) is 3.74. The molecule has 0 saturated heterocycles. The van der Waals surface area contributed by atoms with Crippen LogP contribution in [0.2, 0.25) is 0 Å². The van der Waals surface area contributed by atoms with E-state index < -0.39 is 40.0 Å². The highest BCUT2D eigenvalue weighted by Crippen LogP contribution is 2.26. The van der Waals surface area contributed by atoms with Crippen molar-refractivity contribution in [1.82, 2.24) is 0 Å². The quantitative estimate of drug-likeness (QED) is 0.428. The Balaban J connectivity index is 3.10. The predicted molar refractivity (Wildman–Crippen MR) is 84.7 cm³/mol. The number of alkyl halides is 3. The molecule has 0 saturated carbocycles. The first kappa shape index (κ1) is 21.0. The largest absolute Gasteiger partial charge is 0.448 e. The second-order valence-corrected chi connectivity index (χ2v) is 6.59. The summed E-state index contributed by atoms with van der Waals surface area (Å²) < 4.78 is 72.5. The zero-order valence-corrected chi connectivity index (χ0v) is 14.1. The molecule has 1 aromatic carbocycles. The van der Waals surface area contributed by atoms with Gasteiger partial charge in [-0.3, -0.25) is 9.35 Å². The Kier molecular flexibility index (Phi) is 6.60. The SMILES string of the molecule is BCc1ccc(C(=O)OC(CS(=O)(=O)O)C(F)(F)F)cc1NC(C)=O. The summed E-state index contributed by atoms with van der Waals surface area (Å²) in [6.07, 6.45) is -7.72. The molecule has 1 amide bonds. The Morgan fingerprint density at radius 3 is 2.40 bits per heavy atom. The Labute approximate surface area is 142 Å². The van der Waals surface area contributed by atoms with E-state index in [-0.39, 0.29) is 11.3 Å². The monoisotopic (exact) mass is 381 g/mol. The van der Waals surface area contributed by atoms with Gasteiger partial charge in [-0.05, 0) is 17.7 Å². The maximum atomic E-state index is 12.8. The van der Waals surface area contributed by atoms with E-state index in [1.807, 2.05) is 0 Å². The van der Waals surface area contributed by atoms with Gasteiger partial charge in [-0.15, -0.1) is 0 Å². The van der Waals surface area contributed by atoms with E-state index >= 15 is 0 Å². The highest BCUT2D eigenvalue weighted by Gasteiger charge is 2.45. The van der Waals surface area contributed by atoms with Crippen molar-refractivity contribution in [1.29, 1.82) is 0 Å². The number of amides is 1. The summed E-state index contributed by atoms with van der Waals surface area (Å²) in [6.45, 7) is 1.22. The molecule has 0 radical (unpaired) electrons. The topological polar surface area (TPSA) is 110 Å². The fourth-order valence-electron chi connectivity index (χ4n) is 1.90. The molecule has 1 aromatic rings. The summed E-state index contributed by atoms with van der Waals surface area (Å²) in [5.74, 6) is -3.70. The third-order valence-electron chi connectivity index (χ3n) is 3.01. The number of carbonyl (C=O) groups is 2. The predicted octanol–water partition coefficient (Wildman–Crippen LogP) is 0.754. The fraction of sp³-hybridized carbons (Fsp3) is 0.385. The van der Waals surface area contributed by atoms with E-state index in [1.54, 1.807) is 7.85 Å². The van der Waals surface area contributed by atoms with Crippen molar-refractivity contribution in [3.8, 4) is 0 Å². The maximum Gasteiger partial charge on any atom is 0.426 e. The molecular formula is C13H15BF3NO6S. The molecule has 1 rings (SSSR count). The number of rotatable bonds is 6. The van der Waals surface area contributed by atoms with Crippen LogP contribution in [0.3, 0.4) is 0 Å². The van der Waals surface area contributed by atoms with E-state index in [9.17, 15) is 31.2 Å². The molecule has 7 nitrogen and oxygen atoms in total. The molecule has 12 heteroatoms. The third kappa shape index (κ3) is 6.74. The van der Waals surface area contributed by atoms with Gasteiger partial charge >= 0.3 is 12.1 Å². The molecule has 0 fully saturated rings. The molecule has 0 aromatic heterocycles. The van der Waals surface area contributed by atoms with Crippen LogP contribution in [-0.2, 0) is 26.0 Å². The number of hydrogen-bond acceptors (Lipinski definition) is 5. The van der Waals surface area contributed by atoms with Crippen LogP contribution < -0.4 is 5.32 Å². The van der Waals surface area contributed by atoms with Gasteiger partial charge in [0.25, 0.3) is 10.1 Å². The van der Waals surface area contributed by atoms with Crippen molar-refractivity contribution in [3.63, 3.8) is 0 Å². The number of nitrogens with one attached hydrogen (secondary N) is 1. The smallest absolute Gasteiger partial charge is 0.426 e. The zero-order chi connectivity index (χ0) is 19.4. The summed E-state index contributed by atoms with van der Waals surface area (Å²) in [7, 11) is -3.25. The minimum absolute atomic E-state index is 0.225. The highest BCUT2D eigenvalue weighted by molar-refractivity contribution is 7.85. The number of esters is 1. The first-order valence-electron chi connectivity index (χ1n) is 6.97.